The van der Waals surface area contributed by atoms with E-state index in [1.807, 2.05) is 54.3 Å². The summed E-state index contributed by atoms with van der Waals surface area (Å²) < 4.78 is 40.8. The van der Waals surface area contributed by atoms with Gasteiger partial charge in [-0.2, -0.15) is 5.10 Å². The first-order valence-corrected chi connectivity index (χ1v) is 13.4. The third-order valence-corrected chi connectivity index (χ3v) is 7.52. The average Bonchev–Trinajstić information content (AvgIpc) is 3.38. The summed E-state index contributed by atoms with van der Waals surface area (Å²) in [7, 11) is 0. The Labute approximate surface area is 235 Å². The minimum Gasteiger partial charge on any atom is -0.321 e. The van der Waals surface area contributed by atoms with Crippen LogP contribution in [0.5, 0.6) is 0 Å². The van der Waals surface area contributed by atoms with Gasteiger partial charge in [-0.15, -0.1) is 0 Å². The summed E-state index contributed by atoms with van der Waals surface area (Å²) in [6.45, 7) is 3.16. The summed E-state index contributed by atoms with van der Waals surface area (Å²) in [5.41, 5.74) is 6.79. The lowest BCUT2D eigenvalue weighted by Crippen LogP contribution is -2.38. The van der Waals surface area contributed by atoms with Crippen molar-refractivity contribution in [2.45, 2.75) is 32.2 Å². The van der Waals surface area contributed by atoms with Crippen molar-refractivity contribution in [3.05, 3.63) is 102 Å². The quantitative estimate of drug-likeness (QED) is 0.232. The van der Waals surface area contributed by atoms with E-state index in [0.29, 0.717) is 30.7 Å². The highest BCUT2D eigenvalue weighted by molar-refractivity contribution is 6.11. The number of amides is 1. The van der Waals surface area contributed by atoms with Gasteiger partial charge in [0.1, 0.15) is 5.82 Å². The number of piperidine rings is 1. The molecule has 1 aliphatic rings. The molecule has 2 aromatic heterocycles. The lowest BCUT2D eigenvalue weighted by atomic mass is 10.00. The second kappa shape index (κ2) is 10.8. The molecule has 5 aromatic rings. The number of H-pyrrole nitrogens is 1. The Hall–Kier alpha value is -4.50. The van der Waals surface area contributed by atoms with Gasteiger partial charge in [-0.3, -0.25) is 19.8 Å². The molecule has 1 fully saturated rings. The maximum Gasteiger partial charge on any atom is 0.276 e. The monoisotopic (exact) mass is 555 g/mol. The molecule has 1 saturated heterocycles. The van der Waals surface area contributed by atoms with Crippen LogP contribution in [0.2, 0.25) is 0 Å². The maximum absolute atomic E-state index is 13.7. The smallest absolute Gasteiger partial charge is 0.276 e. The van der Waals surface area contributed by atoms with Crippen LogP contribution < -0.4 is 5.32 Å². The molecule has 0 spiro atoms. The molecule has 1 amide bonds. The summed E-state index contributed by atoms with van der Waals surface area (Å²) in [5.74, 6) is -3.24. The number of fused-ring (bicyclic) bond motifs is 1. The van der Waals surface area contributed by atoms with Crippen LogP contribution in [0.3, 0.4) is 0 Å². The van der Waals surface area contributed by atoms with Gasteiger partial charge in [-0.1, -0.05) is 24.3 Å². The van der Waals surface area contributed by atoms with E-state index in [4.69, 9.17) is 0 Å². The number of aromatic amines is 1. The maximum atomic E-state index is 13.7. The van der Waals surface area contributed by atoms with Crippen LogP contribution in [-0.4, -0.2) is 45.0 Å². The standard InChI is InChI=1S/C32H28F3N5O/c1-20-13-26(6-7-27(20)23-3-2-4-25(33)15-23)37-31(41)30-28-16-22(5-8-29(28)38-39-30)24-14-21(17-36-18-24)19-40-11-9-32(34,35)10-12-40/h2-8,13-18H,9-12,19H2,1H3,(H,37,41)(H,38,39). The molecular weight excluding hydrogens is 527 g/mol. The number of likely N-dealkylation sites (tertiary alicyclic amines) is 1. The van der Waals surface area contributed by atoms with E-state index in [1.165, 1.54) is 12.1 Å². The predicted octanol–water partition coefficient (Wildman–Crippen LogP) is 7.22. The topological polar surface area (TPSA) is 73.9 Å². The van der Waals surface area contributed by atoms with Gasteiger partial charge in [0.15, 0.2) is 5.69 Å². The molecule has 208 valence electrons. The summed E-state index contributed by atoms with van der Waals surface area (Å²) in [4.78, 5) is 19.7. The third-order valence-electron chi connectivity index (χ3n) is 7.52. The highest BCUT2D eigenvalue weighted by Crippen LogP contribution is 2.30. The fourth-order valence-corrected chi connectivity index (χ4v) is 5.31. The van der Waals surface area contributed by atoms with Gasteiger partial charge >= 0.3 is 0 Å². The molecule has 0 unspecified atom stereocenters. The van der Waals surface area contributed by atoms with Crippen LogP contribution >= 0.6 is 0 Å². The zero-order valence-electron chi connectivity index (χ0n) is 22.4. The fraction of sp³-hybridized carbons (Fsp3) is 0.219. The Morgan fingerprint density at radius 1 is 0.976 bits per heavy atom. The predicted molar refractivity (Wildman–Crippen MR) is 153 cm³/mol. The van der Waals surface area contributed by atoms with E-state index >= 15 is 0 Å². The number of benzene rings is 3. The molecule has 0 aliphatic carbocycles. The average molecular weight is 556 g/mol. The van der Waals surface area contributed by atoms with E-state index in [1.54, 1.807) is 24.5 Å². The van der Waals surface area contributed by atoms with Gasteiger partial charge in [-0.05, 0) is 77.2 Å². The van der Waals surface area contributed by atoms with Crippen LogP contribution in [0.1, 0.15) is 34.5 Å². The normalized spacial score (nSPS) is 15.2. The molecule has 0 radical (unpaired) electrons. The molecule has 9 heteroatoms. The largest absolute Gasteiger partial charge is 0.321 e. The van der Waals surface area contributed by atoms with Crippen LogP contribution in [0.25, 0.3) is 33.2 Å². The Morgan fingerprint density at radius 2 is 1.80 bits per heavy atom. The number of carbonyl (C=O) groups is 1. The number of pyridine rings is 1. The number of rotatable bonds is 6. The lowest BCUT2D eigenvalue weighted by molar-refractivity contribution is -0.0566. The molecule has 3 aromatic carbocycles. The molecule has 0 atom stereocenters. The zero-order valence-corrected chi connectivity index (χ0v) is 22.4. The molecule has 1 aliphatic heterocycles. The van der Waals surface area contributed by atoms with Crippen LogP contribution in [0, 0.1) is 12.7 Å². The van der Waals surface area contributed by atoms with Crippen molar-refractivity contribution in [3.8, 4) is 22.3 Å². The van der Waals surface area contributed by atoms with Crippen LogP contribution in [0.4, 0.5) is 18.9 Å². The molecule has 3 heterocycles. The van der Waals surface area contributed by atoms with Crippen molar-refractivity contribution < 1.29 is 18.0 Å². The van der Waals surface area contributed by atoms with Gasteiger partial charge in [0.25, 0.3) is 11.8 Å². The first-order chi connectivity index (χ1) is 19.7. The fourth-order valence-electron chi connectivity index (χ4n) is 5.31. The van der Waals surface area contributed by atoms with Crippen molar-refractivity contribution in [2.24, 2.45) is 0 Å². The highest BCUT2D eigenvalue weighted by atomic mass is 19.3. The summed E-state index contributed by atoms with van der Waals surface area (Å²) in [6, 6.07) is 19.6. The number of hydrogen-bond acceptors (Lipinski definition) is 4. The minimum atomic E-state index is -2.58. The number of nitrogens with one attached hydrogen (secondary N) is 2. The van der Waals surface area contributed by atoms with Crippen LogP contribution in [0.15, 0.2) is 79.1 Å². The van der Waals surface area contributed by atoms with Crippen molar-refractivity contribution in [1.82, 2.24) is 20.1 Å². The Kier molecular flexibility index (Phi) is 7.05. The Morgan fingerprint density at radius 3 is 2.59 bits per heavy atom. The first kappa shape index (κ1) is 26.7. The molecule has 41 heavy (non-hydrogen) atoms. The molecule has 0 bridgehead atoms. The SMILES string of the molecule is Cc1cc(NC(=O)c2n[nH]c3ccc(-c4cncc(CN5CCC(F)(F)CC5)c4)cc23)ccc1-c1cccc(F)c1. The summed E-state index contributed by atoms with van der Waals surface area (Å²) in [6.07, 6.45) is 3.25. The van der Waals surface area contributed by atoms with Gasteiger partial charge in [0.2, 0.25) is 0 Å². The first-order valence-electron chi connectivity index (χ1n) is 13.4. The molecule has 2 N–H and O–H groups in total. The third kappa shape index (κ3) is 5.85. The van der Waals surface area contributed by atoms with Gasteiger partial charge < -0.3 is 5.32 Å². The van der Waals surface area contributed by atoms with Gasteiger partial charge in [0.05, 0.1) is 5.52 Å². The molecule has 0 saturated carbocycles. The van der Waals surface area contributed by atoms with Gasteiger partial charge in [0, 0.05) is 61.5 Å². The van der Waals surface area contributed by atoms with E-state index in [-0.39, 0.29) is 30.3 Å². The van der Waals surface area contributed by atoms with Crippen molar-refractivity contribution >= 4 is 22.5 Å². The number of anilines is 1. The number of nitrogens with zero attached hydrogens (tertiary/aromatic N) is 3. The number of aromatic nitrogens is 3. The number of alkyl halides is 2. The number of hydrogen-bond donors (Lipinski definition) is 2. The molecule has 6 rings (SSSR count). The van der Waals surface area contributed by atoms with E-state index in [2.05, 4.69) is 20.5 Å². The minimum absolute atomic E-state index is 0.126. The zero-order chi connectivity index (χ0) is 28.6. The van der Waals surface area contributed by atoms with Crippen LogP contribution in [-0.2, 0) is 6.54 Å². The highest BCUT2D eigenvalue weighted by Gasteiger charge is 2.33. The molecule has 6 nitrogen and oxygen atoms in total. The Balaban J connectivity index is 1.21. The number of aryl methyl sites for hydroxylation is 1. The van der Waals surface area contributed by atoms with E-state index in [0.717, 1.165) is 38.9 Å². The second-order valence-electron chi connectivity index (χ2n) is 10.5. The van der Waals surface area contributed by atoms with Crippen molar-refractivity contribution in [2.75, 3.05) is 18.4 Å². The number of halogens is 3. The van der Waals surface area contributed by atoms with Gasteiger partial charge in [-0.25, -0.2) is 13.2 Å². The van der Waals surface area contributed by atoms with Crippen molar-refractivity contribution in [1.29, 1.82) is 0 Å². The second-order valence-corrected chi connectivity index (χ2v) is 10.5. The van der Waals surface area contributed by atoms with Crippen molar-refractivity contribution in [3.63, 3.8) is 0 Å². The van der Waals surface area contributed by atoms with E-state index < -0.39 is 5.92 Å². The summed E-state index contributed by atoms with van der Waals surface area (Å²) in [5, 5.41) is 10.8. The lowest BCUT2D eigenvalue weighted by Gasteiger charge is -2.31. The van der Waals surface area contributed by atoms with E-state index in [9.17, 15) is 18.0 Å². The summed E-state index contributed by atoms with van der Waals surface area (Å²) >= 11 is 0. The number of carbonyl (C=O) groups excluding carboxylic acids is 1. The Bertz CT molecular complexity index is 1740. The molecular formula is C32H28F3N5O.